The Bertz CT molecular complexity index is 1420. The predicted molar refractivity (Wildman–Crippen MR) is 176 cm³/mol. The van der Waals surface area contributed by atoms with E-state index in [4.69, 9.17) is 4.74 Å². The molecule has 236 valence electrons. The lowest BCUT2D eigenvalue weighted by Crippen LogP contribution is -2.48. The molecule has 0 aromatic heterocycles. The summed E-state index contributed by atoms with van der Waals surface area (Å²) in [5, 5.41) is 13.1. The Morgan fingerprint density at radius 1 is 0.844 bits per heavy atom. The number of nitrogens with zero attached hydrogens (tertiary/aromatic N) is 1. The molecular formula is C38H44N2O5. The molecule has 0 bridgehead atoms. The number of amides is 2. The van der Waals surface area contributed by atoms with Crippen LogP contribution in [0.1, 0.15) is 41.5 Å². The third kappa shape index (κ3) is 9.75. The lowest BCUT2D eigenvalue weighted by Gasteiger charge is -2.36. The van der Waals surface area contributed by atoms with E-state index in [0.717, 1.165) is 22.3 Å². The zero-order valence-corrected chi connectivity index (χ0v) is 25.9. The zero-order chi connectivity index (χ0) is 32.0. The average molecular weight is 609 g/mol. The van der Waals surface area contributed by atoms with E-state index in [-0.39, 0.29) is 43.5 Å². The number of esters is 1. The first kappa shape index (κ1) is 33.4. The summed E-state index contributed by atoms with van der Waals surface area (Å²) in [5.74, 6) is -1.88. The second-order valence-electron chi connectivity index (χ2n) is 11.7. The van der Waals surface area contributed by atoms with Crippen LogP contribution in [-0.2, 0) is 44.9 Å². The number of benzene rings is 3. The first-order chi connectivity index (χ1) is 21.9. The Hall–Kier alpha value is -4.49. The highest BCUT2D eigenvalue weighted by molar-refractivity contribution is 5.86. The van der Waals surface area contributed by atoms with E-state index in [1.165, 1.54) is 0 Å². The normalized spacial score (nSPS) is 16.0. The highest BCUT2D eigenvalue weighted by Gasteiger charge is 2.32. The van der Waals surface area contributed by atoms with Crippen LogP contribution in [-0.4, -0.2) is 53.1 Å². The topological polar surface area (TPSA) is 95.9 Å². The Kier molecular flexibility index (Phi) is 12.7. The monoisotopic (exact) mass is 608 g/mol. The molecule has 45 heavy (non-hydrogen) atoms. The minimum Gasteiger partial charge on any atom is -0.463 e. The van der Waals surface area contributed by atoms with Gasteiger partial charge in [0.15, 0.2) is 0 Å². The third-order valence-corrected chi connectivity index (χ3v) is 8.34. The summed E-state index contributed by atoms with van der Waals surface area (Å²) in [6.45, 7) is 7.86. The standard InChI is InChI=1S/C38H44N2O5/c1-3-13-31(24-36(42)40-25-33-20-12-11-19-30(33)23-35(40)26-41)37(43)39-34(22-29-17-9-6-10-18-29)27-45-38(44)32(14-4-2)21-28-15-7-5-8-16-28/h3-12,15-20,31-32,34-35,41H,1-2,13-14,21-27H2,(H,39,43)/t31-,32+,34+,35+/m1/s1. The van der Waals surface area contributed by atoms with Gasteiger partial charge in [0.2, 0.25) is 11.8 Å². The Labute approximate surface area is 266 Å². The van der Waals surface area contributed by atoms with Crippen molar-refractivity contribution in [2.24, 2.45) is 11.8 Å². The number of carbonyl (C=O) groups excluding carboxylic acids is 3. The first-order valence-electron chi connectivity index (χ1n) is 15.7. The van der Waals surface area contributed by atoms with E-state index in [0.29, 0.717) is 38.6 Å². The van der Waals surface area contributed by atoms with Gasteiger partial charge in [-0.15, -0.1) is 13.2 Å². The van der Waals surface area contributed by atoms with Crippen LogP contribution in [0.3, 0.4) is 0 Å². The van der Waals surface area contributed by atoms with Crippen LogP contribution < -0.4 is 5.32 Å². The number of ether oxygens (including phenoxy) is 1. The summed E-state index contributed by atoms with van der Waals surface area (Å²) >= 11 is 0. The summed E-state index contributed by atoms with van der Waals surface area (Å²) in [7, 11) is 0. The maximum Gasteiger partial charge on any atom is 0.309 e. The van der Waals surface area contributed by atoms with Gasteiger partial charge in [-0.25, -0.2) is 0 Å². The van der Waals surface area contributed by atoms with Gasteiger partial charge in [0.05, 0.1) is 30.5 Å². The SMILES string of the molecule is C=CC[C@H](CC(=O)N1Cc2ccccc2C[C@H]1CO)C(=O)N[C@H](COC(=O)[C@@H](CC=C)Cc1ccccc1)Cc1ccccc1. The summed E-state index contributed by atoms with van der Waals surface area (Å²) < 4.78 is 5.82. The lowest BCUT2D eigenvalue weighted by atomic mass is 9.92. The lowest BCUT2D eigenvalue weighted by molar-refractivity contribution is -0.149. The number of rotatable bonds is 16. The van der Waals surface area contributed by atoms with Gasteiger partial charge in [0.1, 0.15) is 6.61 Å². The van der Waals surface area contributed by atoms with Crippen molar-refractivity contribution in [3.63, 3.8) is 0 Å². The van der Waals surface area contributed by atoms with Crippen LogP contribution in [0.15, 0.2) is 110 Å². The molecule has 0 fully saturated rings. The van der Waals surface area contributed by atoms with Gasteiger partial charge in [-0.05, 0) is 54.4 Å². The highest BCUT2D eigenvalue weighted by Crippen LogP contribution is 2.25. The van der Waals surface area contributed by atoms with Crippen LogP contribution >= 0.6 is 0 Å². The number of allylic oxidation sites excluding steroid dienone is 2. The van der Waals surface area contributed by atoms with Gasteiger partial charge in [-0.2, -0.15) is 0 Å². The molecule has 4 rings (SSSR count). The molecule has 1 aliphatic heterocycles. The zero-order valence-electron chi connectivity index (χ0n) is 25.9. The molecule has 0 aliphatic carbocycles. The van der Waals surface area contributed by atoms with E-state index in [1.807, 2.05) is 84.9 Å². The van der Waals surface area contributed by atoms with Gasteiger partial charge in [0.25, 0.3) is 0 Å². The second-order valence-corrected chi connectivity index (χ2v) is 11.7. The molecule has 3 aromatic carbocycles. The van der Waals surface area contributed by atoms with Crippen LogP contribution in [0.2, 0.25) is 0 Å². The van der Waals surface area contributed by atoms with Crippen LogP contribution in [0.25, 0.3) is 0 Å². The number of nitrogens with one attached hydrogen (secondary N) is 1. The number of hydrogen-bond donors (Lipinski definition) is 2. The van der Waals surface area contributed by atoms with Crippen LogP contribution in [0.5, 0.6) is 0 Å². The molecule has 1 aliphatic rings. The molecule has 0 unspecified atom stereocenters. The van der Waals surface area contributed by atoms with Crippen molar-refractivity contribution in [1.82, 2.24) is 10.2 Å². The van der Waals surface area contributed by atoms with Crippen molar-refractivity contribution in [3.8, 4) is 0 Å². The van der Waals surface area contributed by atoms with Gasteiger partial charge in [-0.1, -0.05) is 97.1 Å². The van der Waals surface area contributed by atoms with Crippen LogP contribution in [0.4, 0.5) is 0 Å². The smallest absolute Gasteiger partial charge is 0.309 e. The van der Waals surface area contributed by atoms with E-state index in [1.54, 1.807) is 17.1 Å². The van der Waals surface area contributed by atoms with E-state index in [9.17, 15) is 19.5 Å². The van der Waals surface area contributed by atoms with Gasteiger partial charge in [-0.3, -0.25) is 14.4 Å². The van der Waals surface area contributed by atoms with Crippen molar-refractivity contribution in [3.05, 3.63) is 132 Å². The first-order valence-corrected chi connectivity index (χ1v) is 15.7. The fourth-order valence-electron chi connectivity index (χ4n) is 5.89. The van der Waals surface area contributed by atoms with E-state index >= 15 is 0 Å². The maximum absolute atomic E-state index is 13.7. The molecule has 0 radical (unpaired) electrons. The van der Waals surface area contributed by atoms with E-state index in [2.05, 4.69) is 18.5 Å². The van der Waals surface area contributed by atoms with Crippen molar-refractivity contribution in [2.45, 2.75) is 57.2 Å². The molecule has 2 amide bonds. The molecule has 1 heterocycles. The summed E-state index contributed by atoms with van der Waals surface area (Å²) in [5.41, 5.74) is 4.19. The number of carbonyl (C=O) groups is 3. The average Bonchev–Trinajstić information content (AvgIpc) is 3.06. The minimum atomic E-state index is -0.660. The molecule has 0 saturated heterocycles. The highest BCUT2D eigenvalue weighted by atomic mass is 16.5. The third-order valence-electron chi connectivity index (χ3n) is 8.34. The fraction of sp³-hybridized carbons (Fsp3) is 0.342. The van der Waals surface area contributed by atoms with E-state index < -0.39 is 17.9 Å². The summed E-state index contributed by atoms with van der Waals surface area (Å²) in [4.78, 5) is 42.2. The largest absolute Gasteiger partial charge is 0.463 e. The quantitative estimate of drug-likeness (QED) is 0.172. The predicted octanol–water partition coefficient (Wildman–Crippen LogP) is 5.22. The second kappa shape index (κ2) is 17.1. The molecular weight excluding hydrogens is 564 g/mol. The molecule has 7 heteroatoms. The van der Waals surface area contributed by atoms with Crippen molar-refractivity contribution in [2.75, 3.05) is 13.2 Å². The van der Waals surface area contributed by atoms with Gasteiger partial charge >= 0.3 is 5.97 Å². The molecule has 2 N–H and O–H groups in total. The Balaban J connectivity index is 1.44. The summed E-state index contributed by atoms with van der Waals surface area (Å²) in [6.07, 6.45) is 5.67. The number of fused-ring (bicyclic) bond motifs is 1. The maximum atomic E-state index is 13.7. The van der Waals surface area contributed by atoms with Gasteiger partial charge in [0, 0.05) is 13.0 Å². The fourth-order valence-corrected chi connectivity index (χ4v) is 5.89. The molecule has 7 nitrogen and oxygen atoms in total. The van der Waals surface area contributed by atoms with Crippen molar-refractivity contribution >= 4 is 17.8 Å². The van der Waals surface area contributed by atoms with Crippen LogP contribution in [0, 0.1) is 11.8 Å². The van der Waals surface area contributed by atoms with Gasteiger partial charge < -0.3 is 20.1 Å². The molecule has 4 atom stereocenters. The number of aliphatic hydroxyl groups excluding tert-OH is 1. The minimum absolute atomic E-state index is 0.00779. The molecule has 3 aromatic rings. The number of aliphatic hydroxyl groups is 1. The van der Waals surface area contributed by atoms with Crippen molar-refractivity contribution in [1.29, 1.82) is 0 Å². The molecule has 0 saturated carbocycles. The molecule has 0 spiro atoms. The Morgan fingerprint density at radius 3 is 2.04 bits per heavy atom. The Morgan fingerprint density at radius 2 is 1.42 bits per heavy atom. The van der Waals surface area contributed by atoms with Crippen molar-refractivity contribution < 1.29 is 24.2 Å². The summed E-state index contributed by atoms with van der Waals surface area (Å²) in [6, 6.07) is 26.5. The number of hydrogen-bond acceptors (Lipinski definition) is 5.